The number of hydrogen-bond donors (Lipinski definition) is 1. The number of fused-ring (bicyclic) bond motifs is 1. The lowest BCUT2D eigenvalue weighted by Gasteiger charge is -2.12. The standard InChI is InChI=1S/C13H18O3/c1-15-8-6-10-4-5-13-11(9-10)12(14)3-2-7-16-13/h4-5,9,12,14H,2-3,6-8H2,1H3/t12-/m1/s1. The molecule has 2 rings (SSSR count). The minimum absolute atomic E-state index is 0.389. The summed E-state index contributed by atoms with van der Waals surface area (Å²) in [5.74, 6) is 0.825. The molecule has 88 valence electrons. The van der Waals surface area contributed by atoms with Gasteiger partial charge in [-0.1, -0.05) is 6.07 Å². The molecule has 1 aliphatic rings. The van der Waals surface area contributed by atoms with E-state index >= 15 is 0 Å². The summed E-state index contributed by atoms with van der Waals surface area (Å²) in [4.78, 5) is 0. The molecule has 0 bridgehead atoms. The number of benzene rings is 1. The van der Waals surface area contributed by atoms with Crippen LogP contribution < -0.4 is 4.74 Å². The Morgan fingerprint density at radius 1 is 1.50 bits per heavy atom. The number of ether oxygens (including phenoxy) is 2. The number of aliphatic hydroxyl groups excluding tert-OH is 1. The van der Waals surface area contributed by atoms with Crippen LogP contribution in [-0.4, -0.2) is 25.4 Å². The molecule has 16 heavy (non-hydrogen) atoms. The lowest BCUT2D eigenvalue weighted by atomic mass is 10.0. The third kappa shape index (κ3) is 2.54. The molecule has 0 spiro atoms. The summed E-state index contributed by atoms with van der Waals surface area (Å²) in [5, 5.41) is 9.98. The van der Waals surface area contributed by atoms with Gasteiger partial charge in [0.15, 0.2) is 0 Å². The van der Waals surface area contributed by atoms with E-state index in [-0.39, 0.29) is 6.10 Å². The van der Waals surface area contributed by atoms with Crippen molar-refractivity contribution in [1.29, 1.82) is 0 Å². The molecule has 0 unspecified atom stereocenters. The summed E-state index contributed by atoms with van der Waals surface area (Å²) >= 11 is 0. The largest absolute Gasteiger partial charge is 0.493 e. The highest BCUT2D eigenvalue weighted by atomic mass is 16.5. The molecular weight excluding hydrogens is 204 g/mol. The summed E-state index contributed by atoms with van der Waals surface area (Å²) in [6.07, 6.45) is 2.17. The fourth-order valence-electron chi connectivity index (χ4n) is 1.98. The molecule has 1 atom stereocenters. The van der Waals surface area contributed by atoms with Crippen molar-refractivity contribution in [2.75, 3.05) is 20.3 Å². The fraction of sp³-hybridized carbons (Fsp3) is 0.538. The van der Waals surface area contributed by atoms with Gasteiger partial charge in [0.25, 0.3) is 0 Å². The van der Waals surface area contributed by atoms with Gasteiger partial charge in [-0.3, -0.25) is 0 Å². The quantitative estimate of drug-likeness (QED) is 0.851. The molecule has 0 saturated heterocycles. The van der Waals surface area contributed by atoms with E-state index in [1.54, 1.807) is 7.11 Å². The maximum Gasteiger partial charge on any atom is 0.125 e. The molecule has 1 N–H and O–H groups in total. The molecule has 3 heteroatoms. The maximum absolute atomic E-state index is 9.98. The van der Waals surface area contributed by atoms with Gasteiger partial charge in [-0.15, -0.1) is 0 Å². The first-order valence-corrected chi connectivity index (χ1v) is 5.74. The highest BCUT2D eigenvalue weighted by Crippen LogP contribution is 2.32. The van der Waals surface area contributed by atoms with Crippen molar-refractivity contribution in [2.24, 2.45) is 0 Å². The van der Waals surface area contributed by atoms with E-state index in [0.717, 1.165) is 30.6 Å². The molecule has 1 heterocycles. The second kappa shape index (κ2) is 5.32. The van der Waals surface area contributed by atoms with Crippen LogP contribution in [0.15, 0.2) is 18.2 Å². The molecule has 0 saturated carbocycles. The van der Waals surface area contributed by atoms with Crippen LogP contribution in [0.1, 0.15) is 30.1 Å². The molecular formula is C13H18O3. The van der Waals surface area contributed by atoms with Crippen LogP contribution in [0, 0.1) is 0 Å². The molecule has 0 aromatic heterocycles. The van der Waals surface area contributed by atoms with Crippen LogP contribution in [0.5, 0.6) is 5.75 Å². The summed E-state index contributed by atoms with van der Waals surface area (Å²) in [6.45, 7) is 1.40. The molecule has 1 aromatic carbocycles. The van der Waals surface area contributed by atoms with Crippen molar-refractivity contribution in [2.45, 2.75) is 25.4 Å². The van der Waals surface area contributed by atoms with Crippen LogP contribution in [0.4, 0.5) is 0 Å². The van der Waals surface area contributed by atoms with Crippen LogP contribution in [-0.2, 0) is 11.2 Å². The van der Waals surface area contributed by atoms with Gasteiger partial charge in [0.2, 0.25) is 0 Å². The van der Waals surface area contributed by atoms with Crippen molar-refractivity contribution in [1.82, 2.24) is 0 Å². The monoisotopic (exact) mass is 222 g/mol. The minimum atomic E-state index is -0.389. The van der Waals surface area contributed by atoms with Crippen LogP contribution in [0.3, 0.4) is 0 Å². The minimum Gasteiger partial charge on any atom is -0.493 e. The van der Waals surface area contributed by atoms with E-state index < -0.39 is 0 Å². The van der Waals surface area contributed by atoms with Crippen LogP contribution in [0.2, 0.25) is 0 Å². The second-order valence-electron chi connectivity index (χ2n) is 4.12. The second-order valence-corrected chi connectivity index (χ2v) is 4.12. The highest BCUT2D eigenvalue weighted by Gasteiger charge is 2.17. The topological polar surface area (TPSA) is 38.7 Å². The average molecular weight is 222 g/mol. The van der Waals surface area contributed by atoms with Crippen molar-refractivity contribution in [3.8, 4) is 5.75 Å². The zero-order chi connectivity index (χ0) is 11.4. The van der Waals surface area contributed by atoms with Gasteiger partial charge in [-0.2, -0.15) is 0 Å². The van der Waals surface area contributed by atoms with Gasteiger partial charge in [-0.05, 0) is 37.0 Å². The van der Waals surface area contributed by atoms with Crippen molar-refractivity contribution >= 4 is 0 Å². The number of rotatable bonds is 3. The van der Waals surface area contributed by atoms with Crippen LogP contribution in [0.25, 0.3) is 0 Å². The number of methoxy groups -OCH3 is 1. The first kappa shape index (κ1) is 11.4. The van der Waals surface area contributed by atoms with Gasteiger partial charge in [0.05, 0.1) is 19.3 Å². The zero-order valence-corrected chi connectivity index (χ0v) is 9.61. The van der Waals surface area contributed by atoms with Gasteiger partial charge < -0.3 is 14.6 Å². The Kier molecular flexibility index (Phi) is 3.80. The van der Waals surface area contributed by atoms with Gasteiger partial charge in [-0.25, -0.2) is 0 Å². The Morgan fingerprint density at radius 3 is 3.19 bits per heavy atom. The zero-order valence-electron chi connectivity index (χ0n) is 9.61. The number of hydrogen-bond acceptors (Lipinski definition) is 3. The van der Waals surface area contributed by atoms with E-state index in [1.807, 2.05) is 18.2 Å². The third-order valence-electron chi connectivity index (χ3n) is 2.91. The molecule has 3 nitrogen and oxygen atoms in total. The van der Waals surface area contributed by atoms with Gasteiger partial charge in [0, 0.05) is 12.7 Å². The summed E-state index contributed by atoms with van der Waals surface area (Å²) in [6, 6.07) is 6.02. The van der Waals surface area contributed by atoms with Crippen LogP contribution >= 0.6 is 0 Å². The third-order valence-corrected chi connectivity index (χ3v) is 2.91. The molecule has 0 amide bonds. The van der Waals surface area contributed by atoms with Crippen molar-refractivity contribution in [3.05, 3.63) is 29.3 Å². The molecule has 1 aliphatic heterocycles. The maximum atomic E-state index is 9.98. The first-order chi connectivity index (χ1) is 7.81. The van der Waals surface area contributed by atoms with E-state index in [2.05, 4.69) is 0 Å². The fourth-order valence-corrected chi connectivity index (χ4v) is 1.98. The summed E-state index contributed by atoms with van der Waals surface area (Å²) < 4.78 is 10.6. The lowest BCUT2D eigenvalue weighted by molar-refractivity contribution is 0.167. The predicted molar refractivity (Wildman–Crippen MR) is 61.7 cm³/mol. The summed E-state index contributed by atoms with van der Waals surface area (Å²) in [7, 11) is 1.70. The average Bonchev–Trinajstić information content (AvgIpc) is 2.49. The Morgan fingerprint density at radius 2 is 2.38 bits per heavy atom. The molecule has 0 aliphatic carbocycles. The molecule has 1 aromatic rings. The Labute approximate surface area is 96.0 Å². The van der Waals surface area contributed by atoms with Gasteiger partial charge >= 0.3 is 0 Å². The van der Waals surface area contributed by atoms with Gasteiger partial charge in [0.1, 0.15) is 5.75 Å². The normalized spacial score (nSPS) is 19.8. The van der Waals surface area contributed by atoms with E-state index in [1.165, 1.54) is 5.56 Å². The Hall–Kier alpha value is -1.06. The molecule has 0 radical (unpaired) electrons. The smallest absolute Gasteiger partial charge is 0.125 e. The van der Waals surface area contributed by atoms with E-state index in [9.17, 15) is 5.11 Å². The Balaban J connectivity index is 2.21. The predicted octanol–water partition coefficient (Wildman–Crippen LogP) is 2.08. The van der Waals surface area contributed by atoms with E-state index in [0.29, 0.717) is 13.2 Å². The number of aliphatic hydroxyl groups is 1. The SMILES string of the molecule is COCCc1ccc2c(c1)[C@H](O)CCCO2. The van der Waals surface area contributed by atoms with Crippen molar-refractivity contribution in [3.63, 3.8) is 0 Å². The highest BCUT2D eigenvalue weighted by molar-refractivity contribution is 5.39. The first-order valence-electron chi connectivity index (χ1n) is 5.74. The Bertz CT molecular complexity index is 349. The summed E-state index contributed by atoms with van der Waals surface area (Å²) in [5.41, 5.74) is 2.11. The van der Waals surface area contributed by atoms with Crippen molar-refractivity contribution < 1.29 is 14.6 Å². The molecule has 0 fully saturated rings. The lowest BCUT2D eigenvalue weighted by Crippen LogP contribution is -2.00. The van der Waals surface area contributed by atoms with E-state index in [4.69, 9.17) is 9.47 Å².